The molecule has 1 aromatic rings. The van der Waals surface area contributed by atoms with E-state index in [4.69, 9.17) is 0 Å². The van der Waals surface area contributed by atoms with E-state index in [1.807, 2.05) is 29.0 Å². The number of piperazine rings is 1. The zero-order valence-corrected chi connectivity index (χ0v) is 15.4. The molecule has 1 aliphatic carbocycles. The molecular formula is C19H27N5O2. The summed E-state index contributed by atoms with van der Waals surface area (Å²) in [5.74, 6) is 0.0833. The Kier molecular flexibility index (Phi) is 4.56. The van der Waals surface area contributed by atoms with Gasteiger partial charge in [0.15, 0.2) is 0 Å². The molecule has 1 aromatic heterocycles. The summed E-state index contributed by atoms with van der Waals surface area (Å²) in [5, 5.41) is 3.19. The number of likely N-dealkylation sites (tertiary alicyclic amines) is 1. The molecule has 0 radical (unpaired) electrons. The number of hydrogen-bond acceptors (Lipinski definition) is 4. The van der Waals surface area contributed by atoms with Gasteiger partial charge in [-0.1, -0.05) is 12.8 Å². The van der Waals surface area contributed by atoms with Gasteiger partial charge in [-0.25, -0.2) is 4.79 Å². The van der Waals surface area contributed by atoms with Gasteiger partial charge >= 0.3 is 6.03 Å². The molecule has 3 amide bonds. The lowest BCUT2D eigenvalue weighted by Gasteiger charge is -2.46. The van der Waals surface area contributed by atoms with Crippen molar-refractivity contribution < 1.29 is 9.59 Å². The van der Waals surface area contributed by atoms with Gasteiger partial charge in [0.2, 0.25) is 5.91 Å². The zero-order chi connectivity index (χ0) is 18.1. The number of hydrogen-bond donors (Lipinski definition) is 1. The molecule has 26 heavy (non-hydrogen) atoms. The number of rotatable bonds is 2. The Hall–Kier alpha value is -2.15. The standard InChI is InChI=1S/C19H27N5O2/c1-22-12-17(25)24(16-7-4-9-20-11-16)14-19(22)8-10-23(13-19)18(26)21-15-5-2-3-6-15/h4,7,9,11,15H,2-3,5-6,8,10,12-14H2,1H3,(H,21,26)/t19-/m0/s1. The predicted octanol–water partition coefficient (Wildman–Crippen LogP) is 1.46. The second-order valence-electron chi connectivity index (χ2n) is 7.87. The van der Waals surface area contributed by atoms with Crippen LogP contribution in [0.1, 0.15) is 32.1 Å². The number of anilines is 1. The van der Waals surface area contributed by atoms with Crippen molar-refractivity contribution in [3.8, 4) is 0 Å². The Morgan fingerprint density at radius 3 is 2.85 bits per heavy atom. The Morgan fingerprint density at radius 2 is 2.12 bits per heavy atom. The largest absolute Gasteiger partial charge is 0.335 e. The summed E-state index contributed by atoms with van der Waals surface area (Å²) in [7, 11) is 2.00. The molecule has 2 aliphatic heterocycles. The number of likely N-dealkylation sites (N-methyl/N-ethyl adjacent to an activating group) is 1. The van der Waals surface area contributed by atoms with E-state index in [0.717, 1.165) is 31.5 Å². The summed E-state index contributed by atoms with van der Waals surface area (Å²) >= 11 is 0. The average Bonchev–Trinajstić information content (AvgIpc) is 3.30. The smallest absolute Gasteiger partial charge is 0.317 e. The molecule has 140 valence electrons. The molecule has 4 rings (SSSR count). The first kappa shape index (κ1) is 17.3. The van der Waals surface area contributed by atoms with Crippen LogP contribution in [-0.4, -0.2) is 71.5 Å². The van der Waals surface area contributed by atoms with E-state index in [1.165, 1.54) is 12.8 Å². The Labute approximate surface area is 154 Å². The minimum atomic E-state index is -0.184. The number of pyridine rings is 1. The summed E-state index contributed by atoms with van der Waals surface area (Å²) in [6.07, 6.45) is 8.92. The Bertz CT molecular complexity index is 676. The van der Waals surface area contributed by atoms with Crippen molar-refractivity contribution in [2.45, 2.75) is 43.7 Å². The van der Waals surface area contributed by atoms with Crippen LogP contribution < -0.4 is 10.2 Å². The van der Waals surface area contributed by atoms with Crippen LogP contribution in [0.4, 0.5) is 10.5 Å². The molecule has 1 N–H and O–H groups in total. The maximum Gasteiger partial charge on any atom is 0.317 e. The van der Waals surface area contributed by atoms with Gasteiger partial charge in [-0.05, 0) is 38.4 Å². The number of aromatic nitrogens is 1. The highest BCUT2D eigenvalue weighted by Gasteiger charge is 2.48. The molecule has 7 heteroatoms. The molecule has 3 aliphatic rings. The van der Waals surface area contributed by atoms with Crippen molar-refractivity contribution >= 4 is 17.6 Å². The maximum absolute atomic E-state index is 12.7. The Balaban J connectivity index is 1.46. The second-order valence-corrected chi connectivity index (χ2v) is 7.87. The van der Waals surface area contributed by atoms with Crippen LogP contribution in [0.3, 0.4) is 0 Å². The van der Waals surface area contributed by atoms with Crippen LogP contribution in [0.5, 0.6) is 0 Å². The van der Waals surface area contributed by atoms with Crippen LogP contribution in [0.15, 0.2) is 24.5 Å². The van der Waals surface area contributed by atoms with E-state index in [9.17, 15) is 9.59 Å². The predicted molar refractivity (Wildman–Crippen MR) is 98.9 cm³/mol. The van der Waals surface area contributed by atoms with E-state index in [-0.39, 0.29) is 17.5 Å². The van der Waals surface area contributed by atoms with Gasteiger partial charge in [-0.3, -0.25) is 14.7 Å². The van der Waals surface area contributed by atoms with Crippen molar-refractivity contribution in [3.63, 3.8) is 0 Å². The van der Waals surface area contributed by atoms with Crippen molar-refractivity contribution in [2.24, 2.45) is 0 Å². The first-order valence-corrected chi connectivity index (χ1v) is 9.54. The number of carbonyl (C=O) groups excluding carboxylic acids is 2. The zero-order valence-electron chi connectivity index (χ0n) is 15.4. The summed E-state index contributed by atoms with van der Waals surface area (Å²) in [5.41, 5.74) is 0.648. The molecule has 3 heterocycles. The number of nitrogens with zero attached hydrogens (tertiary/aromatic N) is 4. The quantitative estimate of drug-likeness (QED) is 0.870. The van der Waals surface area contributed by atoms with Crippen LogP contribution >= 0.6 is 0 Å². The number of nitrogens with one attached hydrogen (secondary N) is 1. The van der Waals surface area contributed by atoms with Gasteiger partial charge < -0.3 is 15.1 Å². The molecular weight excluding hydrogens is 330 g/mol. The molecule has 1 atom stereocenters. The van der Waals surface area contributed by atoms with Gasteiger partial charge in [0.1, 0.15) is 0 Å². The highest BCUT2D eigenvalue weighted by Crippen LogP contribution is 2.33. The lowest BCUT2D eigenvalue weighted by molar-refractivity contribution is -0.123. The third-order valence-corrected chi connectivity index (χ3v) is 6.20. The molecule has 0 aromatic carbocycles. The second kappa shape index (κ2) is 6.87. The third kappa shape index (κ3) is 3.16. The lowest BCUT2D eigenvalue weighted by atomic mass is 9.92. The molecule has 1 saturated carbocycles. The van der Waals surface area contributed by atoms with Crippen LogP contribution in [-0.2, 0) is 4.79 Å². The van der Waals surface area contributed by atoms with Crippen LogP contribution in [0.2, 0.25) is 0 Å². The summed E-state index contributed by atoms with van der Waals surface area (Å²) in [6.45, 7) is 2.36. The molecule has 7 nitrogen and oxygen atoms in total. The molecule has 3 fully saturated rings. The van der Waals surface area contributed by atoms with Crippen molar-refractivity contribution in [1.29, 1.82) is 0 Å². The number of carbonyl (C=O) groups is 2. The van der Waals surface area contributed by atoms with Gasteiger partial charge in [0.25, 0.3) is 0 Å². The number of urea groups is 1. The maximum atomic E-state index is 12.7. The monoisotopic (exact) mass is 357 g/mol. The lowest BCUT2D eigenvalue weighted by Crippen LogP contribution is -2.64. The van der Waals surface area contributed by atoms with E-state index in [1.54, 1.807) is 12.4 Å². The van der Waals surface area contributed by atoms with E-state index in [2.05, 4.69) is 15.2 Å². The fraction of sp³-hybridized carbons (Fsp3) is 0.632. The van der Waals surface area contributed by atoms with Crippen molar-refractivity contribution in [1.82, 2.24) is 20.1 Å². The fourth-order valence-electron chi connectivity index (χ4n) is 4.51. The molecule has 0 unspecified atom stereocenters. The summed E-state index contributed by atoms with van der Waals surface area (Å²) in [4.78, 5) is 35.2. The first-order valence-electron chi connectivity index (χ1n) is 9.54. The highest BCUT2D eigenvalue weighted by molar-refractivity contribution is 5.95. The number of amides is 3. The molecule has 2 saturated heterocycles. The minimum Gasteiger partial charge on any atom is -0.335 e. The molecule has 1 spiro atoms. The first-order chi connectivity index (χ1) is 12.6. The van der Waals surface area contributed by atoms with Gasteiger partial charge in [0, 0.05) is 31.9 Å². The van der Waals surface area contributed by atoms with E-state index >= 15 is 0 Å². The van der Waals surface area contributed by atoms with Gasteiger partial charge in [0.05, 0.1) is 24.0 Å². The van der Waals surface area contributed by atoms with Crippen molar-refractivity contribution in [2.75, 3.05) is 38.1 Å². The third-order valence-electron chi connectivity index (χ3n) is 6.20. The fourth-order valence-corrected chi connectivity index (χ4v) is 4.51. The highest BCUT2D eigenvalue weighted by atomic mass is 16.2. The Morgan fingerprint density at radius 1 is 1.31 bits per heavy atom. The minimum absolute atomic E-state index is 0.0482. The van der Waals surface area contributed by atoms with E-state index in [0.29, 0.717) is 25.7 Å². The average molecular weight is 357 g/mol. The van der Waals surface area contributed by atoms with Crippen LogP contribution in [0, 0.1) is 0 Å². The molecule has 0 bridgehead atoms. The SMILES string of the molecule is CN1CC(=O)N(c2cccnc2)C[C@@]12CCN(C(=O)NC1CCCC1)C2. The summed E-state index contributed by atoms with van der Waals surface area (Å²) in [6, 6.07) is 4.15. The van der Waals surface area contributed by atoms with Crippen molar-refractivity contribution in [3.05, 3.63) is 24.5 Å². The summed E-state index contributed by atoms with van der Waals surface area (Å²) < 4.78 is 0. The van der Waals surface area contributed by atoms with Gasteiger partial charge in [-0.15, -0.1) is 0 Å². The van der Waals surface area contributed by atoms with E-state index < -0.39 is 0 Å². The van der Waals surface area contributed by atoms with Crippen LogP contribution in [0.25, 0.3) is 0 Å². The topological polar surface area (TPSA) is 68.8 Å². The normalized spacial score (nSPS) is 27.5. The van der Waals surface area contributed by atoms with Gasteiger partial charge in [-0.2, -0.15) is 0 Å².